The third-order valence-corrected chi connectivity index (χ3v) is 2.00. The number of hydrogen-bond acceptors (Lipinski definition) is 3. The van der Waals surface area contributed by atoms with Gasteiger partial charge in [-0.1, -0.05) is 6.07 Å². The molecule has 4 nitrogen and oxygen atoms in total. The largest absolute Gasteiger partial charge is 0.418 e. The molecule has 8 heteroatoms. The van der Waals surface area contributed by atoms with Crippen LogP contribution in [0.2, 0.25) is 0 Å². The van der Waals surface area contributed by atoms with E-state index in [0.717, 1.165) is 24.4 Å². The second-order valence-corrected chi connectivity index (χ2v) is 3.19. The van der Waals surface area contributed by atoms with Crippen LogP contribution in [0.4, 0.5) is 23.4 Å². The maximum absolute atomic E-state index is 13.4. The van der Waals surface area contributed by atoms with Gasteiger partial charge in [0.05, 0.1) is 11.8 Å². The third kappa shape index (κ3) is 2.05. The van der Waals surface area contributed by atoms with Crippen LogP contribution in [0.3, 0.4) is 0 Å². The zero-order valence-electron chi connectivity index (χ0n) is 8.24. The lowest BCUT2D eigenvalue weighted by Crippen LogP contribution is -2.14. The number of aromatic nitrogens is 3. The zero-order valence-corrected chi connectivity index (χ0v) is 8.24. The highest BCUT2D eigenvalue weighted by molar-refractivity contribution is 5.43. The highest BCUT2D eigenvalue weighted by Crippen LogP contribution is 2.34. The van der Waals surface area contributed by atoms with E-state index in [9.17, 15) is 17.6 Å². The topological polar surface area (TPSA) is 56.7 Å². The van der Waals surface area contributed by atoms with E-state index in [1.54, 1.807) is 0 Å². The number of halogens is 4. The third-order valence-electron chi connectivity index (χ3n) is 2.00. The molecule has 0 spiro atoms. The Morgan fingerprint density at radius 3 is 2.47 bits per heavy atom. The Balaban J connectivity index is 2.67. The lowest BCUT2D eigenvalue weighted by atomic mass is 10.1. The molecule has 1 aromatic heterocycles. The van der Waals surface area contributed by atoms with Crippen molar-refractivity contribution in [1.82, 2.24) is 15.0 Å². The summed E-state index contributed by atoms with van der Waals surface area (Å²) in [5, 5.41) is 6.92. The standard InChI is InChI=1S/C9H6F4N4/c10-6-3-1-2-5(9(11,12)13)8(6)17-15-4-7(14)16-17/h1-4H,(H2,14,16). The van der Waals surface area contributed by atoms with Gasteiger partial charge in [0.2, 0.25) is 0 Å². The lowest BCUT2D eigenvalue weighted by Gasteiger charge is -2.12. The van der Waals surface area contributed by atoms with Crippen molar-refractivity contribution in [3.63, 3.8) is 0 Å². The molecule has 1 aromatic carbocycles. The normalized spacial score (nSPS) is 11.8. The summed E-state index contributed by atoms with van der Waals surface area (Å²) >= 11 is 0. The number of hydrogen-bond donors (Lipinski definition) is 1. The van der Waals surface area contributed by atoms with Crippen molar-refractivity contribution in [3.05, 3.63) is 35.8 Å². The van der Waals surface area contributed by atoms with Crippen molar-refractivity contribution < 1.29 is 17.6 Å². The molecule has 0 radical (unpaired) electrons. The molecule has 0 unspecified atom stereocenters. The summed E-state index contributed by atoms with van der Waals surface area (Å²) in [6.45, 7) is 0. The minimum atomic E-state index is -4.69. The number of nitrogens with zero attached hydrogens (tertiary/aromatic N) is 3. The Bertz CT molecular complexity index is 546. The maximum atomic E-state index is 13.4. The molecule has 0 saturated heterocycles. The second kappa shape index (κ2) is 3.72. The Hall–Kier alpha value is -2.12. The molecule has 2 N–H and O–H groups in total. The average molecular weight is 246 g/mol. The number of nitrogens with two attached hydrogens (primary N) is 1. The van der Waals surface area contributed by atoms with Crippen LogP contribution < -0.4 is 5.73 Å². The van der Waals surface area contributed by atoms with Crippen LogP contribution in [-0.2, 0) is 6.18 Å². The molecule has 0 amide bonds. The van der Waals surface area contributed by atoms with Crippen LogP contribution in [0.25, 0.3) is 5.69 Å². The second-order valence-electron chi connectivity index (χ2n) is 3.19. The van der Waals surface area contributed by atoms with Crippen molar-refractivity contribution in [2.75, 3.05) is 5.73 Å². The fourth-order valence-corrected chi connectivity index (χ4v) is 1.33. The number of anilines is 1. The van der Waals surface area contributed by atoms with Crippen molar-refractivity contribution in [2.24, 2.45) is 0 Å². The first-order chi connectivity index (χ1) is 7.89. The maximum Gasteiger partial charge on any atom is 0.418 e. The molecule has 0 aliphatic heterocycles. The molecule has 2 rings (SSSR count). The van der Waals surface area contributed by atoms with Crippen LogP contribution in [0.5, 0.6) is 0 Å². The van der Waals surface area contributed by atoms with E-state index < -0.39 is 23.2 Å². The van der Waals surface area contributed by atoms with Crippen molar-refractivity contribution in [3.8, 4) is 5.69 Å². The zero-order chi connectivity index (χ0) is 12.6. The molecule has 0 aliphatic rings. The van der Waals surface area contributed by atoms with Crippen LogP contribution in [-0.4, -0.2) is 15.0 Å². The summed E-state index contributed by atoms with van der Waals surface area (Å²) in [7, 11) is 0. The van der Waals surface area contributed by atoms with Crippen LogP contribution >= 0.6 is 0 Å². The highest BCUT2D eigenvalue weighted by Gasteiger charge is 2.35. The first-order valence-corrected chi connectivity index (χ1v) is 4.43. The Labute approximate surface area is 92.7 Å². The summed E-state index contributed by atoms with van der Waals surface area (Å²) in [6, 6.07) is 2.61. The number of nitrogen functional groups attached to an aromatic ring is 1. The minimum Gasteiger partial charge on any atom is -0.381 e. The summed E-state index contributed by atoms with van der Waals surface area (Å²) in [5.74, 6) is -1.17. The van der Waals surface area contributed by atoms with Gasteiger partial charge in [-0.05, 0) is 12.1 Å². The molecule has 0 saturated carbocycles. The molecule has 0 aliphatic carbocycles. The van der Waals surface area contributed by atoms with Gasteiger partial charge in [0.1, 0.15) is 5.69 Å². The van der Waals surface area contributed by atoms with Gasteiger partial charge in [-0.25, -0.2) is 4.39 Å². The van der Waals surface area contributed by atoms with E-state index in [0.29, 0.717) is 4.80 Å². The first kappa shape index (κ1) is 11.4. The molecular weight excluding hydrogens is 240 g/mol. The smallest absolute Gasteiger partial charge is 0.381 e. The molecule has 1 heterocycles. The number of benzene rings is 1. The molecule has 2 aromatic rings. The minimum absolute atomic E-state index is 0.0959. The molecule has 0 atom stereocenters. The van der Waals surface area contributed by atoms with Gasteiger partial charge in [0, 0.05) is 0 Å². The lowest BCUT2D eigenvalue weighted by molar-refractivity contribution is -0.137. The summed E-state index contributed by atoms with van der Waals surface area (Å²) < 4.78 is 51.4. The summed E-state index contributed by atoms with van der Waals surface area (Å²) in [4.78, 5) is 0.521. The first-order valence-electron chi connectivity index (χ1n) is 4.43. The van der Waals surface area contributed by atoms with Crippen molar-refractivity contribution in [1.29, 1.82) is 0 Å². The van der Waals surface area contributed by atoms with Gasteiger partial charge in [-0.2, -0.15) is 18.3 Å². The predicted octanol–water partition coefficient (Wildman–Crippen LogP) is 2.01. The van der Waals surface area contributed by atoms with Crippen LogP contribution in [0, 0.1) is 5.82 Å². The molecular formula is C9H6F4N4. The Morgan fingerprint density at radius 1 is 1.24 bits per heavy atom. The van der Waals surface area contributed by atoms with Gasteiger partial charge in [0.15, 0.2) is 11.6 Å². The fourth-order valence-electron chi connectivity index (χ4n) is 1.33. The number of para-hydroxylation sites is 1. The van der Waals surface area contributed by atoms with Crippen LogP contribution in [0.1, 0.15) is 5.56 Å². The highest BCUT2D eigenvalue weighted by atomic mass is 19.4. The van der Waals surface area contributed by atoms with Crippen molar-refractivity contribution >= 4 is 5.82 Å². The molecule has 17 heavy (non-hydrogen) atoms. The van der Waals surface area contributed by atoms with Gasteiger partial charge in [-0.15, -0.1) is 9.90 Å². The fraction of sp³-hybridized carbons (Fsp3) is 0.111. The quantitative estimate of drug-likeness (QED) is 0.783. The number of rotatable bonds is 1. The Morgan fingerprint density at radius 2 is 1.94 bits per heavy atom. The van der Waals surface area contributed by atoms with E-state index in [-0.39, 0.29) is 5.82 Å². The van der Waals surface area contributed by atoms with Crippen LogP contribution in [0.15, 0.2) is 24.4 Å². The van der Waals surface area contributed by atoms with E-state index in [1.165, 1.54) is 0 Å². The van der Waals surface area contributed by atoms with Gasteiger partial charge in [-0.3, -0.25) is 0 Å². The summed E-state index contributed by atoms with van der Waals surface area (Å²) in [5.41, 5.74) is 3.30. The number of alkyl halides is 3. The monoisotopic (exact) mass is 246 g/mol. The summed E-state index contributed by atoms with van der Waals surface area (Å²) in [6.07, 6.45) is -3.66. The molecule has 0 fully saturated rings. The van der Waals surface area contributed by atoms with Gasteiger partial charge >= 0.3 is 6.18 Å². The van der Waals surface area contributed by atoms with E-state index >= 15 is 0 Å². The molecule has 90 valence electrons. The van der Waals surface area contributed by atoms with Crippen molar-refractivity contribution in [2.45, 2.75) is 6.18 Å². The predicted molar refractivity (Wildman–Crippen MR) is 50.7 cm³/mol. The van der Waals surface area contributed by atoms with E-state index in [2.05, 4.69) is 10.2 Å². The van der Waals surface area contributed by atoms with E-state index in [1.807, 2.05) is 0 Å². The Kier molecular flexibility index (Phi) is 2.49. The van der Waals surface area contributed by atoms with Gasteiger partial charge in [0.25, 0.3) is 0 Å². The van der Waals surface area contributed by atoms with Gasteiger partial charge < -0.3 is 5.73 Å². The molecule has 0 bridgehead atoms. The average Bonchev–Trinajstić information content (AvgIpc) is 2.63. The SMILES string of the molecule is Nc1cnn(-c2c(F)cccc2C(F)(F)F)n1. The van der Waals surface area contributed by atoms with E-state index in [4.69, 9.17) is 5.73 Å².